The molecule has 1 aromatic carbocycles. The first-order chi connectivity index (χ1) is 6.22. The van der Waals surface area contributed by atoms with Crippen LogP contribution >= 0.6 is 0 Å². The van der Waals surface area contributed by atoms with E-state index in [0.717, 1.165) is 6.42 Å². The van der Waals surface area contributed by atoms with E-state index < -0.39 is 0 Å². The molecule has 1 aromatic rings. The second kappa shape index (κ2) is 4.84. The Hall–Kier alpha value is -1.06. The lowest BCUT2D eigenvalue weighted by Crippen LogP contribution is -2.26. The maximum Gasteiger partial charge on any atom is 0.115 e. The van der Waals surface area contributed by atoms with Crippen molar-refractivity contribution in [2.24, 2.45) is 0 Å². The molecule has 0 amide bonds. The molecule has 0 aromatic heterocycles. The number of aromatic hydroxyl groups is 1. The highest BCUT2D eigenvalue weighted by Gasteiger charge is 2.01. The zero-order chi connectivity index (χ0) is 9.68. The van der Waals surface area contributed by atoms with Gasteiger partial charge in [-0.15, -0.1) is 0 Å². The second-order valence-corrected chi connectivity index (χ2v) is 3.09. The molecule has 1 atom stereocenters. The Bertz CT molecular complexity index is 246. The van der Waals surface area contributed by atoms with Crippen LogP contribution in [0, 0.1) is 0 Å². The van der Waals surface area contributed by atoms with Crippen molar-refractivity contribution in [3.63, 3.8) is 0 Å². The lowest BCUT2D eigenvalue weighted by molar-refractivity contribution is 0.0661. The minimum atomic E-state index is 0.273. The van der Waals surface area contributed by atoms with Gasteiger partial charge in [-0.1, -0.05) is 12.1 Å². The quantitative estimate of drug-likeness (QED) is 0.691. The predicted molar refractivity (Wildman–Crippen MR) is 51.4 cm³/mol. The second-order valence-electron chi connectivity index (χ2n) is 3.09. The molecule has 0 aliphatic carbocycles. The van der Waals surface area contributed by atoms with Gasteiger partial charge in [0.25, 0.3) is 0 Å². The van der Waals surface area contributed by atoms with Gasteiger partial charge in [-0.25, -0.2) is 0 Å². The van der Waals surface area contributed by atoms with E-state index in [1.54, 1.807) is 19.2 Å². The lowest BCUT2D eigenvalue weighted by atomic mass is 10.1. The Morgan fingerprint density at radius 2 is 2.00 bits per heavy atom. The van der Waals surface area contributed by atoms with Gasteiger partial charge in [-0.05, 0) is 31.0 Å². The highest BCUT2D eigenvalue weighted by Crippen LogP contribution is 2.10. The van der Waals surface area contributed by atoms with E-state index in [-0.39, 0.29) is 6.04 Å². The first-order valence-electron chi connectivity index (χ1n) is 4.29. The summed E-state index contributed by atoms with van der Waals surface area (Å²) in [5.41, 5.74) is 4.02. The van der Waals surface area contributed by atoms with Crippen LogP contribution in [0.15, 0.2) is 24.3 Å². The van der Waals surface area contributed by atoms with Crippen LogP contribution in [-0.2, 0) is 11.3 Å². The third kappa shape index (κ3) is 3.44. The fourth-order valence-corrected chi connectivity index (χ4v) is 1.23. The van der Waals surface area contributed by atoms with Crippen LogP contribution < -0.4 is 5.48 Å². The van der Waals surface area contributed by atoms with Gasteiger partial charge in [0.1, 0.15) is 5.75 Å². The Morgan fingerprint density at radius 3 is 2.54 bits per heavy atom. The molecule has 72 valence electrons. The number of hydrogen-bond acceptors (Lipinski definition) is 3. The maximum atomic E-state index is 9.05. The van der Waals surface area contributed by atoms with Crippen LogP contribution in [0.25, 0.3) is 0 Å². The van der Waals surface area contributed by atoms with Crippen LogP contribution in [0.2, 0.25) is 0 Å². The number of nitrogens with one attached hydrogen (secondary N) is 1. The van der Waals surface area contributed by atoms with Crippen molar-refractivity contribution in [3.05, 3.63) is 29.8 Å². The van der Waals surface area contributed by atoms with Gasteiger partial charge in [0, 0.05) is 6.04 Å². The van der Waals surface area contributed by atoms with Crippen LogP contribution in [0.1, 0.15) is 12.5 Å². The predicted octanol–water partition coefficient (Wildman–Crippen LogP) is 1.47. The number of benzene rings is 1. The molecule has 13 heavy (non-hydrogen) atoms. The average molecular weight is 181 g/mol. The minimum absolute atomic E-state index is 0.273. The molecule has 0 aliphatic rings. The molecule has 0 aliphatic heterocycles. The standard InChI is InChI=1S/C10H15NO2/c1-8(11-13-2)7-9-3-5-10(12)6-4-9/h3-6,8,11-12H,7H2,1-2H3. The van der Waals surface area contributed by atoms with E-state index in [2.05, 4.69) is 5.48 Å². The normalized spacial score (nSPS) is 12.8. The summed E-state index contributed by atoms with van der Waals surface area (Å²) in [6, 6.07) is 7.46. The van der Waals surface area contributed by atoms with Gasteiger partial charge in [0.05, 0.1) is 7.11 Å². The van der Waals surface area contributed by atoms with E-state index in [1.807, 2.05) is 19.1 Å². The first kappa shape index (κ1) is 10.0. The topological polar surface area (TPSA) is 41.5 Å². The summed E-state index contributed by atoms with van der Waals surface area (Å²) in [5.74, 6) is 0.302. The number of hydroxylamine groups is 1. The van der Waals surface area contributed by atoms with E-state index in [4.69, 9.17) is 9.94 Å². The zero-order valence-corrected chi connectivity index (χ0v) is 7.95. The molecule has 3 nitrogen and oxygen atoms in total. The minimum Gasteiger partial charge on any atom is -0.508 e. The number of phenols is 1. The molecule has 0 bridgehead atoms. The van der Waals surface area contributed by atoms with Crippen LogP contribution in [0.3, 0.4) is 0 Å². The summed E-state index contributed by atoms with van der Waals surface area (Å²) in [4.78, 5) is 4.80. The molecular weight excluding hydrogens is 166 g/mol. The van der Waals surface area contributed by atoms with Gasteiger partial charge in [0.15, 0.2) is 0 Å². The molecule has 1 unspecified atom stereocenters. The summed E-state index contributed by atoms with van der Waals surface area (Å²) < 4.78 is 0. The molecule has 0 saturated carbocycles. The van der Waals surface area contributed by atoms with Crippen molar-refractivity contribution in [2.75, 3.05) is 7.11 Å². The summed E-state index contributed by atoms with van der Waals surface area (Å²) in [5, 5.41) is 9.05. The molecule has 0 fully saturated rings. The molecule has 0 saturated heterocycles. The lowest BCUT2D eigenvalue weighted by Gasteiger charge is -2.11. The van der Waals surface area contributed by atoms with Gasteiger partial charge in [0.2, 0.25) is 0 Å². The monoisotopic (exact) mass is 181 g/mol. The maximum absolute atomic E-state index is 9.05. The van der Waals surface area contributed by atoms with Crippen molar-refractivity contribution < 1.29 is 9.94 Å². The molecule has 3 heteroatoms. The van der Waals surface area contributed by atoms with E-state index in [1.165, 1.54) is 5.56 Å². The molecule has 2 N–H and O–H groups in total. The smallest absolute Gasteiger partial charge is 0.115 e. The molecule has 0 radical (unpaired) electrons. The van der Waals surface area contributed by atoms with Crippen molar-refractivity contribution in [1.82, 2.24) is 5.48 Å². The van der Waals surface area contributed by atoms with Crippen LogP contribution in [-0.4, -0.2) is 18.3 Å². The van der Waals surface area contributed by atoms with E-state index in [0.29, 0.717) is 5.75 Å². The highest BCUT2D eigenvalue weighted by atomic mass is 16.6. The Kier molecular flexibility index (Phi) is 3.73. The van der Waals surface area contributed by atoms with Crippen molar-refractivity contribution in [1.29, 1.82) is 0 Å². The van der Waals surface area contributed by atoms with Gasteiger partial charge in [-0.2, -0.15) is 5.48 Å². The highest BCUT2D eigenvalue weighted by molar-refractivity contribution is 5.26. The molecular formula is C10H15NO2. The van der Waals surface area contributed by atoms with Crippen molar-refractivity contribution in [2.45, 2.75) is 19.4 Å². The third-order valence-corrected chi connectivity index (χ3v) is 1.80. The summed E-state index contributed by atoms with van der Waals surface area (Å²) in [6.45, 7) is 2.04. The number of rotatable bonds is 4. The SMILES string of the molecule is CONC(C)Cc1ccc(O)cc1. The Morgan fingerprint density at radius 1 is 1.38 bits per heavy atom. The molecule has 0 spiro atoms. The summed E-state index contributed by atoms with van der Waals surface area (Å²) >= 11 is 0. The first-order valence-corrected chi connectivity index (χ1v) is 4.29. The van der Waals surface area contributed by atoms with E-state index >= 15 is 0 Å². The summed E-state index contributed by atoms with van der Waals surface area (Å²) in [7, 11) is 1.60. The van der Waals surface area contributed by atoms with Crippen molar-refractivity contribution in [3.8, 4) is 5.75 Å². The molecule has 0 heterocycles. The Labute approximate surface area is 78.3 Å². The van der Waals surface area contributed by atoms with Gasteiger partial charge >= 0.3 is 0 Å². The molecule has 1 rings (SSSR count). The summed E-state index contributed by atoms with van der Waals surface area (Å²) in [6.07, 6.45) is 0.883. The third-order valence-electron chi connectivity index (χ3n) is 1.80. The van der Waals surface area contributed by atoms with Gasteiger partial charge in [-0.3, -0.25) is 0 Å². The fourth-order valence-electron chi connectivity index (χ4n) is 1.23. The zero-order valence-electron chi connectivity index (χ0n) is 7.95. The van der Waals surface area contributed by atoms with Gasteiger partial charge < -0.3 is 9.94 Å². The average Bonchev–Trinajstić information content (AvgIpc) is 2.09. The fraction of sp³-hybridized carbons (Fsp3) is 0.400. The largest absolute Gasteiger partial charge is 0.508 e. The number of hydrogen-bond donors (Lipinski definition) is 2. The Balaban J connectivity index is 2.49. The van der Waals surface area contributed by atoms with Crippen LogP contribution in [0.4, 0.5) is 0 Å². The number of phenolic OH excluding ortho intramolecular Hbond substituents is 1. The van der Waals surface area contributed by atoms with E-state index in [9.17, 15) is 0 Å². The van der Waals surface area contributed by atoms with Crippen molar-refractivity contribution >= 4 is 0 Å². The van der Waals surface area contributed by atoms with Crippen LogP contribution in [0.5, 0.6) is 5.75 Å².